The van der Waals surface area contributed by atoms with Gasteiger partial charge in [-0.25, -0.2) is 18.3 Å². The second-order valence-corrected chi connectivity index (χ2v) is 26.9. The van der Waals surface area contributed by atoms with Gasteiger partial charge in [0.05, 0.1) is 0 Å². The van der Waals surface area contributed by atoms with Gasteiger partial charge >= 0.3 is 0 Å². The van der Waals surface area contributed by atoms with E-state index in [1.54, 1.807) is 94.5 Å². The Bertz CT molecular complexity index is 5400. The van der Waals surface area contributed by atoms with Crippen LogP contribution in [-0.2, 0) is 40.9 Å². The summed E-state index contributed by atoms with van der Waals surface area (Å²) in [5, 5.41) is 0. The van der Waals surface area contributed by atoms with Gasteiger partial charge in [0.15, 0.2) is 24.8 Å². The van der Waals surface area contributed by atoms with Crippen molar-refractivity contribution in [3.8, 4) is 89.5 Å². The average Bonchev–Trinajstić information content (AvgIpc) is 0.772. The van der Waals surface area contributed by atoms with E-state index in [1.807, 2.05) is 162 Å². The van der Waals surface area contributed by atoms with Gasteiger partial charge in [-0.05, 0) is 205 Å². The van der Waals surface area contributed by atoms with E-state index in [-0.39, 0.29) is 33.7 Å². The van der Waals surface area contributed by atoms with E-state index in [4.69, 9.17) is 23.3 Å². The summed E-state index contributed by atoms with van der Waals surface area (Å²) in [6.45, 7) is 13.3. The van der Waals surface area contributed by atoms with E-state index in [0.717, 1.165) is 112 Å². The van der Waals surface area contributed by atoms with Crippen LogP contribution in [0, 0.1) is 73.4 Å². The molecule has 0 N–H and O–H groups in total. The molecule has 4 nitrogen and oxygen atoms in total. The predicted molar refractivity (Wildman–Crippen MR) is 412 cm³/mol. The largest absolute Gasteiger partial charge is 0.212 e. The Hall–Kier alpha value is -9.64. The summed E-state index contributed by atoms with van der Waals surface area (Å²) in [7, 11) is 7.39. The van der Waals surface area contributed by atoms with Crippen molar-refractivity contribution in [2.45, 2.75) is 129 Å². The number of hydrogen-bond donors (Lipinski definition) is 0. The first-order valence-corrected chi connectivity index (χ1v) is 33.2. The molecule has 0 bridgehead atoms. The van der Waals surface area contributed by atoms with Crippen LogP contribution < -0.4 is 18.3 Å². The summed E-state index contributed by atoms with van der Waals surface area (Å²) >= 11 is 0. The molecule has 12 rings (SSSR count). The smallest absolute Gasteiger partial charge is 0.201 e. The van der Waals surface area contributed by atoms with Gasteiger partial charge < -0.3 is 0 Å². The zero-order chi connectivity index (χ0) is 84.3. The minimum absolute atomic E-state index is 0.0514. The summed E-state index contributed by atoms with van der Waals surface area (Å²) in [5.74, 6) is -1.38. The normalized spacial score (nSPS) is 14.7. The van der Waals surface area contributed by atoms with Crippen LogP contribution in [0.15, 0.2) is 243 Å². The molecule has 0 amide bonds. The highest BCUT2D eigenvalue weighted by molar-refractivity contribution is 5.77. The third-order valence-electron chi connectivity index (χ3n) is 17.3. The molecule has 0 spiro atoms. The van der Waals surface area contributed by atoms with Crippen molar-refractivity contribution in [1.29, 1.82) is 0 Å². The van der Waals surface area contributed by atoms with E-state index in [9.17, 15) is 0 Å². The molecule has 0 aliphatic heterocycles. The number of pyridine rings is 4. The van der Waals surface area contributed by atoms with E-state index in [1.165, 1.54) is 5.56 Å². The number of aryl methyl sites for hydroxylation is 13. The highest BCUT2D eigenvalue weighted by atomic mass is 14.9. The van der Waals surface area contributed by atoms with Crippen molar-refractivity contribution in [2.24, 2.45) is 39.5 Å². The fourth-order valence-corrected chi connectivity index (χ4v) is 12.0. The molecular formula is C93H106N4+4. The van der Waals surface area contributed by atoms with Gasteiger partial charge in [-0.3, -0.25) is 0 Å². The lowest BCUT2D eigenvalue weighted by Gasteiger charge is -2.19. The Morgan fingerprint density at radius 2 is 0.629 bits per heavy atom. The summed E-state index contributed by atoms with van der Waals surface area (Å²) in [5.41, 5.74) is 22.5. The fourth-order valence-electron chi connectivity index (χ4n) is 12.0. The lowest BCUT2D eigenvalue weighted by molar-refractivity contribution is -0.660. The van der Waals surface area contributed by atoms with Crippen molar-refractivity contribution in [1.82, 2.24) is 0 Å². The average molecular weight is 1300 g/mol. The molecule has 12 aromatic rings. The number of nitrogens with zero attached hydrogens (tertiary/aromatic N) is 4. The Kier molecular flexibility index (Phi) is 17.0. The first-order chi connectivity index (χ1) is 52.9. The van der Waals surface area contributed by atoms with Crippen LogP contribution in [0.1, 0.15) is 144 Å². The molecule has 97 heavy (non-hydrogen) atoms. The Morgan fingerprint density at radius 1 is 0.330 bits per heavy atom. The predicted octanol–water partition coefficient (Wildman–Crippen LogP) is 22.1. The molecule has 0 atom stereocenters. The van der Waals surface area contributed by atoms with Crippen LogP contribution >= 0.6 is 0 Å². The first-order valence-electron chi connectivity index (χ1n) is 41.7. The molecule has 0 unspecified atom stereocenters. The first kappa shape index (κ1) is 51.6. The third-order valence-corrected chi connectivity index (χ3v) is 17.3. The third kappa shape index (κ3) is 18.3. The van der Waals surface area contributed by atoms with Crippen LogP contribution in [-0.4, -0.2) is 0 Å². The lowest BCUT2D eigenvalue weighted by atomic mass is 9.86. The lowest BCUT2D eigenvalue weighted by Crippen LogP contribution is -2.32. The molecule has 4 heterocycles. The molecule has 0 aliphatic carbocycles. The number of hydrogen-bond acceptors (Lipinski definition) is 0. The minimum Gasteiger partial charge on any atom is -0.201 e. The summed E-state index contributed by atoms with van der Waals surface area (Å²) in [6, 6.07) is 73.0. The Labute approximate surface area is 607 Å². The number of aromatic nitrogens is 4. The van der Waals surface area contributed by atoms with E-state index in [0.29, 0.717) is 11.1 Å². The van der Waals surface area contributed by atoms with Gasteiger partial charge in [-0.15, -0.1) is 0 Å². The van der Waals surface area contributed by atoms with Gasteiger partial charge in [-0.2, -0.15) is 0 Å². The molecule has 0 saturated heterocycles. The van der Waals surface area contributed by atoms with Crippen molar-refractivity contribution < 1.29 is 41.6 Å². The maximum absolute atomic E-state index is 8.81. The molecule has 0 fully saturated rings. The van der Waals surface area contributed by atoms with Gasteiger partial charge in [0.1, 0.15) is 28.2 Å². The second-order valence-electron chi connectivity index (χ2n) is 26.9. The quantitative estimate of drug-likeness (QED) is 0.108. The highest BCUT2D eigenvalue weighted by Crippen LogP contribution is 2.35. The van der Waals surface area contributed by atoms with Crippen molar-refractivity contribution >= 4 is 0 Å². The Balaban J connectivity index is 0.000000175. The van der Waals surface area contributed by atoms with Crippen molar-refractivity contribution in [3.63, 3.8) is 0 Å². The standard InChI is InChI=1S/C25H30N.C24H28N.C23H26N.C21H22N/c1-18-12-13-21(20-10-8-7-9-11-20)14-23(18)24-15-22(16-25(3,4)5)19(2)17-26(24)6;1-17(2)13-22-15-24(25(5)16-19(22)4)23-14-21(12-11-18(23)3)20-9-7-6-8-10-20;1-16(2)21-14-23(24(5)15-18(21)4)22-13-20(12-11-17(22)3)19-9-7-6-8-10-19;1-15-10-11-19(18-8-6-5-7-9-18)13-20(15)21-12-16(2)17(3)14-22(21)4/h7-15,17H,16H2,1-6H3;6-12,14-17H,13H2,1-5H3;6-16H,1-5H3;5-14H,1-4H3/q4*+1/i2D3,16D2;4D3,13D2;4D3,16D;3D3. The zero-order valence-corrected chi connectivity index (χ0v) is 59.5. The van der Waals surface area contributed by atoms with Crippen LogP contribution in [0.4, 0.5) is 0 Å². The molecule has 4 aromatic heterocycles. The second kappa shape index (κ2) is 31.9. The molecule has 0 saturated carbocycles. The minimum atomic E-state index is -2.41. The van der Waals surface area contributed by atoms with E-state index < -0.39 is 51.5 Å². The van der Waals surface area contributed by atoms with Crippen molar-refractivity contribution in [2.75, 3.05) is 0 Å². The van der Waals surface area contributed by atoms with Gasteiger partial charge in [0.25, 0.3) is 0 Å². The Morgan fingerprint density at radius 3 is 0.948 bits per heavy atom. The summed E-state index contributed by atoms with van der Waals surface area (Å²) in [4.78, 5) is 0. The molecular weight excluding hydrogens is 1170 g/mol. The van der Waals surface area contributed by atoms with E-state index in [2.05, 4.69) is 116 Å². The number of benzene rings is 8. The fraction of sp³-hybridized carbons (Fsp3) is 0.269. The number of rotatable bonds is 12. The van der Waals surface area contributed by atoms with Gasteiger partial charge in [0, 0.05) is 92.1 Å². The molecule has 494 valence electrons. The highest BCUT2D eigenvalue weighted by Gasteiger charge is 2.23. The van der Waals surface area contributed by atoms with Crippen LogP contribution in [0.5, 0.6) is 0 Å². The molecule has 0 aliphatic rings. The summed E-state index contributed by atoms with van der Waals surface area (Å²) in [6.07, 6.45) is 2.92. The van der Waals surface area contributed by atoms with Gasteiger partial charge in [-0.1, -0.05) is 218 Å². The van der Waals surface area contributed by atoms with Crippen molar-refractivity contribution in [3.05, 3.63) is 310 Å². The van der Waals surface area contributed by atoms with Crippen LogP contribution in [0.25, 0.3) is 89.5 Å². The monoisotopic (exact) mass is 1300 g/mol. The zero-order valence-electron chi connectivity index (χ0n) is 76.5. The summed E-state index contributed by atoms with van der Waals surface area (Å²) < 4.78 is 145. The van der Waals surface area contributed by atoms with E-state index >= 15 is 0 Å². The van der Waals surface area contributed by atoms with Crippen LogP contribution in [0.3, 0.4) is 0 Å². The van der Waals surface area contributed by atoms with Crippen LogP contribution in [0.2, 0.25) is 0 Å². The van der Waals surface area contributed by atoms with Gasteiger partial charge in [0.2, 0.25) is 22.8 Å². The topological polar surface area (TPSA) is 15.5 Å². The molecule has 0 radical (unpaired) electrons. The maximum atomic E-state index is 8.81. The SMILES string of the molecule is [2H]C([2H])([2H])c1c[n+](C)c(-c2cc(-c3ccccc3)ccc2C)cc1C.[2H]C([2H])([2H])c1c[n+](C)c(-c2cc(-c3ccccc3)ccc2C)cc1C([2H])(C)C.[2H]C([2H])([2H])c1c[n+](C)c(-c2cc(-c3ccccc3)ccc2C)cc1C([2H])([2H])C(C)(C)C.[2H]C([2H])([2H])c1c[n+](C)c(-c2cc(-c3ccccc3)ccc2C)cc1C([2H])([2H])C(C)C. The maximum Gasteiger partial charge on any atom is 0.212 e. The molecule has 8 aromatic carbocycles. The molecule has 4 heteroatoms.